The van der Waals surface area contributed by atoms with Gasteiger partial charge in [-0.1, -0.05) is 67.1 Å². The van der Waals surface area contributed by atoms with Gasteiger partial charge in [-0.05, 0) is 41.8 Å². The Kier molecular flexibility index (Phi) is 8.19. The maximum Gasteiger partial charge on any atom is 0.247 e. The number of carbonyl (C=O) groups excluding carboxylic acids is 2. The number of halogens is 1. The van der Waals surface area contributed by atoms with Gasteiger partial charge in [-0.2, -0.15) is 0 Å². The third-order valence-corrected chi connectivity index (χ3v) is 5.15. The minimum absolute atomic E-state index is 0.0701. The van der Waals surface area contributed by atoms with Crippen LogP contribution in [0.5, 0.6) is 0 Å². The van der Waals surface area contributed by atoms with E-state index < -0.39 is 6.04 Å². The van der Waals surface area contributed by atoms with E-state index in [1.165, 1.54) is 0 Å². The molecule has 6 heteroatoms. The maximum absolute atomic E-state index is 13.4. The number of nitrogens with zero attached hydrogens (tertiary/aromatic N) is 2. The van der Waals surface area contributed by atoms with E-state index in [4.69, 9.17) is 11.6 Å². The van der Waals surface area contributed by atoms with Gasteiger partial charge in [-0.3, -0.25) is 14.6 Å². The van der Waals surface area contributed by atoms with Gasteiger partial charge in [0.05, 0.1) is 12.2 Å². The average Bonchev–Trinajstić information content (AvgIpc) is 2.80. The molecule has 160 valence electrons. The zero-order valence-corrected chi connectivity index (χ0v) is 18.3. The first kappa shape index (κ1) is 22.5. The quantitative estimate of drug-likeness (QED) is 0.518. The predicted octanol–water partition coefficient (Wildman–Crippen LogP) is 4.92. The highest BCUT2D eigenvalue weighted by Gasteiger charge is 2.31. The van der Waals surface area contributed by atoms with Gasteiger partial charge in [0.25, 0.3) is 0 Å². The maximum atomic E-state index is 13.4. The Hall–Kier alpha value is -3.18. The van der Waals surface area contributed by atoms with Crippen LogP contribution in [0.25, 0.3) is 0 Å². The first-order valence-electron chi connectivity index (χ1n) is 10.3. The van der Waals surface area contributed by atoms with Crippen LogP contribution in [0, 0.1) is 0 Å². The average molecular weight is 436 g/mol. The van der Waals surface area contributed by atoms with Crippen molar-refractivity contribution in [3.05, 3.63) is 101 Å². The summed E-state index contributed by atoms with van der Waals surface area (Å²) in [6.07, 6.45) is 2.76. The van der Waals surface area contributed by atoms with Crippen molar-refractivity contribution in [2.45, 2.75) is 38.9 Å². The van der Waals surface area contributed by atoms with Gasteiger partial charge in [0.15, 0.2) is 0 Å². The summed E-state index contributed by atoms with van der Waals surface area (Å²) in [5.74, 6) is -0.311. The molecular formula is C25H26ClN3O2. The van der Waals surface area contributed by atoms with E-state index in [1.807, 2.05) is 67.6 Å². The van der Waals surface area contributed by atoms with E-state index in [1.54, 1.807) is 23.2 Å². The van der Waals surface area contributed by atoms with Gasteiger partial charge in [0.2, 0.25) is 11.8 Å². The molecule has 2 amide bonds. The van der Waals surface area contributed by atoms with Crippen molar-refractivity contribution in [1.29, 1.82) is 0 Å². The first-order chi connectivity index (χ1) is 15.1. The molecule has 5 nitrogen and oxygen atoms in total. The van der Waals surface area contributed by atoms with Crippen molar-refractivity contribution >= 4 is 23.4 Å². The van der Waals surface area contributed by atoms with E-state index >= 15 is 0 Å². The van der Waals surface area contributed by atoms with E-state index in [2.05, 4.69) is 10.3 Å². The molecule has 0 aliphatic carbocycles. The Bertz CT molecular complexity index is 979. The van der Waals surface area contributed by atoms with Gasteiger partial charge in [-0.15, -0.1) is 0 Å². The summed E-state index contributed by atoms with van der Waals surface area (Å²) in [5.41, 5.74) is 2.43. The highest BCUT2D eigenvalue weighted by molar-refractivity contribution is 6.30. The lowest BCUT2D eigenvalue weighted by molar-refractivity contribution is -0.141. The van der Waals surface area contributed by atoms with E-state index in [0.717, 1.165) is 16.8 Å². The molecule has 3 rings (SSSR count). The largest absolute Gasteiger partial charge is 0.348 e. The van der Waals surface area contributed by atoms with E-state index in [9.17, 15) is 9.59 Å². The predicted molar refractivity (Wildman–Crippen MR) is 122 cm³/mol. The molecule has 0 fully saturated rings. The monoisotopic (exact) mass is 435 g/mol. The fourth-order valence-corrected chi connectivity index (χ4v) is 3.48. The number of rotatable bonds is 9. The van der Waals surface area contributed by atoms with Crippen molar-refractivity contribution in [3.8, 4) is 0 Å². The van der Waals surface area contributed by atoms with E-state index in [0.29, 0.717) is 31.0 Å². The summed E-state index contributed by atoms with van der Waals surface area (Å²) in [7, 11) is 0. The summed E-state index contributed by atoms with van der Waals surface area (Å²) in [6, 6.07) is 21.5. The van der Waals surface area contributed by atoms with Crippen LogP contribution in [-0.4, -0.2) is 21.7 Å². The second-order valence-electron chi connectivity index (χ2n) is 7.25. The zero-order chi connectivity index (χ0) is 22.1. The minimum Gasteiger partial charge on any atom is -0.348 e. The number of carbonyl (C=O) groups is 2. The van der Waals surface area contributed by atoms with Crippen molar-refractivity contribution in [2.75, 3.05) is 0 Å². The molecule has 1 aromatic heterocycles. The zero-order valence-electron chi connectivity index (χ0n) is 17.5. The number of hydrogen-bond donors (Lipinski definition) is 1. The Morgan fingerprint density at radius 1 is 1.00 bits per heavy atom. The summed E-state index contributed by atoms with van der Waals surface area (Å²) in [4.78, 5) is 32.4. The molecule has 0 bridgehead atoms. The Morgan fingerprint density at radius 3 is 2.35 bits per heavy atom. The fraction of sp³-hybridized carbons (Fsp3) is 0.240. The topological polar surface area (TPSA) is 62.3 Å². The Labute approximate surface area is 188 Å². The molecule has 3 aromatic rings. The van der Waals surface area contributed by atoms with Crippen LogP contribution in [0.1, 0.15) is 42.6 Å². The van der Waals surface area contributed by atoms with Crippen molar-refractivity contribution in [1.82, 2.24) is 15.2 Å². The summed E-state index contributed by atoms with van der Waals surface area (Å²) in [6.45, 7) is 2.56. The highest BCUT2D eigenvalue weighted by atomic mass is 35.5. The van der Waals surface area contributed by atoms with Crippen LogP contribution in [0.2, 0.25) is 5.02 Å². The lowest BCUT2D eigenvalue weighted by Crippen LogP contribution is -2.43. The molecule has 0 saturated carbocycles. The molecule has 0 unspecified atom stereocenters. The second-order valence-corrected chi connectivity index (χ2v) is 7.69. The van der Waals surface area contributed by atoms with Gasteiger partial charge < -0.3 is 10.2 Å². The second kappa shape index (κ2) is 11.3. The van der Waals surface area contributed by atoms with Crippen molar-refractivity contribution < 1.29 is 9.59 Å². The highest BCUT2D eigenvalue weighted by Crippen LogP contribution is 2.25. The van der Waals surface area contributed by atoms with Crippen LogP contribution >= 0.6 is 11.6 Å². The third-order valence-electron chi connectivity index (χ3n) is 4.90. The molecule has 0 radical (unpaired) electrons. The van der Waals surface area contributed by atoms with Gasteiger partial charge in [0.1, 0.15) is 6.04 Å². The number of benzene rings is 2. The molecule has 0 aliphatic heterocycles. The number of nitrogens with one attached hydrogen (secondary N) is 1. The summed E-state index contributed by atoms with van der Waals surface area (Å²) in [5, 5.41) is 3.58. The van der Waals surface area contributed by atoms with Crippen LogP contribution in [0.3, 0.4) is 0 Å². The lowest BCUT2D eigenvalue weighted by Gasteiger charge is -2.31. The molecule has 1 N–H and O–H groups in total. The van der Waals surface area contributed by atoms with Crippen molar-refractivity contribution in [3.63, 3.8) is 0 Å². The minimum atomic E-state index is -0.750. The molecular weight excluding hydrogens is 410 g/mol. The molecule has 0 spiro atoms. The molecule has 31 heavy (non-hydrogen) atoms. The summed E-state index contributed by atoms with van der Waals surface area (Å²) < 4.78 is 0. The third kappa shape index (κ3) is 6.40. The number of amides is 2. The molecule has 0 aliphatic rings. The Morgan fingerprint density at radius 2 is 1.71 bits per heavy atom. The molecule has 1 heterocycles. The van der Waals surface area contributed by atoms with Crippen molar-refractivity contribution in [2.24, 2.45) is 0 Å². The van der Waals surface area contributed by atoms with Crippen LogP contribution in [-0.2, 0) is 22.7 Å². The molecule has 0 saturated heterocycles. The van der Waals surface area contributed by atoms with Gasteiger partial charge in [0, 0.05) is 24.2 Å². The van der Waals surface area contributed by atoms with Crippen LogP contribution in [0.15, 0.2) is 79.0 Å². The standard InChI is InChI=1S/C25H26ClN3O2/c1-2-8-23(30)29(18-19-12-14-21(26)15-13-19)24(20-9-4-3-5-10-20)25(31)28-17-22-11-6-7-16-27-22/h3-7,9-16,24H,2,8,17-18H2,1H3,(H,28,31)/t24-/m1/s1. The normalized spacial score (nSPS) is 11.5. The molecule has 1 atom stereocenters. The van der Waals surface area contributed by atoms with Crippen LogP contribution < -0.4 is 5.32 Å². The fourth-order valence-electron chi connectivity index (χ4n) is 3.35. The lowest BCUT2D eigenvalue weighted by atomic mass is 10.0. The van der Waals surface area contributed by atoms with Crippen LogP contribution in [0.4, 0.5) is 0 Å². The molecule has 2 aromatic carbocycles. The van der Waals surface area contributed by atoms with Gasteiger partial charge in [-0.25, -0.2) is 0 Å². The number of aromatic nitrogens is 1. The number of hydrogen-bond acceptors (Lipinski definition) is 3. The Balaban J connectivity index is 1.91. The van der Waals surface area contributed by atoms with Gasteiger partial charge >= 0.3 is 0 Å². The number of pyridine rings is 1. The summed E-state index contributed by atoms with van der Waals surface area (Å²) >= 11 is 6.02. The smallest absolute Gasteiger partial charge is 0.247 e. The first-order valence-corrected chi connectivity index (χ1v) is 10.7. The van der Waals surface area contributed by atoms with E-state index in [-0.39, 0.29) is 11.8 Å². The SMILES string of the molecule is CCCC(=O)N(Cc1ccc(Cl)cc1)[C@@H](C(=O)NCc1ccccn1)c1ccccc1.